The number of rotatable bonds is 10. The van der Waals surface area contributed by atoms with Gasteiger partial charge in [0.05, 0.1) is 5.75 Å². The first-order valence-corrected chi connectivity index (χ1v) is 9.87. The van der Waals surface area contributed by atoms with Crippen LogP contribution in [-0.2, 0) is 22.6 Å². The van der Waals surface area contributed by atoms with Crippen LogP contribution in [0.5, 0.6) is 0 Å². The Hall–Kier alpha value is -2.42. The fourth-order valence-electron chi connectivity index (χ4n) is 2.66. The zero-order valence-corrected chi connectivity index (χ0v) is 15.7. The van der Waals surface area contributed by atoms with Gasteiger partial charge in [-0.05, 0) is 37.0 Å². The van der Waals surface area contributed by atoms with Crippen LogP contribution in [0.4, 0.5) is 4.39 Å². The first-order valence-electron chi connectivity index (χ1n) is 8.88. The fraction of sp³-hybridized carbons (Fsp3) is 0.444. The minimum atomic E-state index is -0.375. The normalized spacial score (nSPS) is 13.5. The summed E-state index contributed by atoms with van der Waals surface area (Å²) in [6.07, 6.45) is 3.00. The molecule has 0 saturated heterocycles. The maximum absolute atomic E-state index is 12.9. The molecule has 0 bridgehead atoms. The Kier molecular flexibility index (Phi) is 6.44. The topological polar surface area (TPSA) is 103 Å². The molecule has 7 nitrogen and oxygen atoms in total. The largest absolute Gasteiger partial charge is 0.370 e. The summed E-state index contributed by atoms with van der Waals surface area (Å²) in [5.41, 5.74) is 6.21. The number of thioether (sulfide) groups is 1. The first kappa shape index (κ1) is 19.3. The predicted octanol–water partition coefficient (Wildman–Crippen LogP) is 1.62. The summed E-state index contributed by atoms with van der Waals surface area (Å²) in [5, 5.41) is 11.9. The van der Waals surface area contributed by atoms with E-state index in [0.717, 1.165) is 24.2 Å². The van der Waals surface area contributed by atoms with Crippen molar-refractivity contribution >= 4 is 23.6 Å². The highest BCUT2D eigenvalue weighted by molar-refractivity contribution is 7.99. The molecule has 3 N–H and O–H groups in total. The second kappa shape index (κ2) is 8.98. The highest BCUT2D eigenvalue weighted by Crippen LogP contribution is 2.40. The molecule has 1 aliphatic rings. The average Bonchev–Trinajstić information content (AvgIpc) is 3.40. The van der Waals surface area contributed by atoms with Crippen LogP contribution in [0.2, 0.25) is 0 Å². The van der Waals surface area contributed by atoms with Crippen LogP contribution >= 0.6 is 11.8 Å². The molecule has 27 heavy (non-hydrogen) atoms. The van der Waals surface area contributed by atoms with E-state index in [9.17, 15) is 14.0 Å². The Morgan fingerprint density at radius 3 is 2.67 bits per heavy atom. The highest BCUT2D eigenvalue weighted by atomic mass is 32.2. The van der Waals surface area contributed by atoms with Crippen LogP contribution in [0.1, 0.15) is 36.6 Å². The summed E-state index contributed by atoms with van der Waals surface area (Å²) >= 11 is 1.30. The second-order valence-electron chi connectivity index (χ2n) is 6.50. The summed E-state index contributed by atoms with van der Waals surface area (Å²) in [5.74, 6) is 0.715. The van der Waals surface area contributed by atoms with Gasteiger partial charge >= 0.3 is 0 Å². The third kappa shape index (κ3) is 5.78. The van der Waals surface area contributed by atoms with Crippen molar-refractivity contribution in [1.29, 1.82) is 0 Å². The molecule has 9 heteroatoms. The molecule has 3 rings (SSSR count). The quantitative estimate of drug-likeness (QED) is 0.599. The lowest BCUT2D eigenvalue weighted by atomic mass is 10.1. The van der Waals surface area contributed by atoms with Gasteiger partial charge in [0.25, 0.3) is 0 Å². The molecule has 0 spiro atoms. The highest BCUT2D eigenvalue weighted by Gasteiger charge is 2.30. The van der Waals surface area contributed by atoms with E-state index >= 15 is 0 Å². The lowest BCUT2D eigenvalue weighted by Crippen LogP contribution is -2.27. The molecule has 144 valence electrons. The van der Waals surface area contributed by atoms with E-state index in [-0.39, 0.29) is 29.8 Å². The van der Waals surface area contributed by atoms with Crippen LogP contribution in [0.15, 0.2) is 29.4 Å². The standard InChI is InChI=1S/C18H22FN5O2S/c19-14-5-1-12(2-6-14)7-9-21-16(26)11-27-18-23-22-17(13-3-4-13)24(18)10-8-15(20)25/h1-2,5-6,13H,3-4,7-11H2,(H2,20,25)(H,21,26). The molecular formula is C18H22FN5O2S. The van der Waals surface area contributed by atoms with Crippen LogP contribution < -0.4 is 11.1 Å². The molecule has 1 aromatic carbocycles. The lowest BCUT2D eigenvalue weighted by molar-refractivity contribution is -0.119. The van der Waals surface area contributed by atoms with Gasteiger partial charge in [0.15, 0.2) is 5.16 Å². The molecule has 2 amide bonds. The maximum atomic E-state index is 12.9. The third-order valence-electron chi connectivity index (χ3n) is 4.25. The SMILES string of the molecule is NC(=O)CCn1c(SCC(=O)NCCc2ccc(F)cc2)nnc1C1CC1. The van der Waals surface area contributed by atoms with Crippen LogP contribution in [-0.4, -0.2) is 38.9 Å². The Balaban J connectivity index is 1.47. The van der Waals surface area contributed by atoms with Crippen LogP contribution in [0, 0.1) is 5.82 Å². The van der Waals surface area contributed by atoms with Gasteiger partial charge in [0.1, 0.15) is 11.6 Å². The molecular weight excluding hydrogens is 369 g/mol. The van der Waals surface area contributed by atoms with E-state index in [4.69, 9.17) is 5.73 Å². The zero-order chi connectivity index (χ0) is 19.2. The fourth-order valence-corrected chi connectivity index (χ4v) is 3.46. The molecule has 2 aromatic rings. The van der Waals surface area contributed by atoms with Gasteiger partial charge in [0, 0.05) is 25.4 Å². The van der Waals surface area contributed by atoms with Crippen molar-refractivity contribution in [2.45, 2.75) is 43.3 Å². The summed E-state index contributed by atoms with van der Waals surface area (Å²) in [4.78, 5) is 23.2. The minimum Gasteiger partial charge on any atom is -0.370 e. The Labute approximate surface area is 160 Å². The number of hydrogen-bond acceptors (Lipinski definition) is 5. The third-order valence-corrected chi connectivity index (χ3v) is 5.22. The Morgan fingerprint density at radius 1 is 1.26 bits per heavy atom. The number of nitrogens with two attached hydrogens (primary N) is 1. The van der Waals surface area contributed by atoms with Gasteiger partial charge < -0.3 is 15.6 Å². The first-order chi connectivity index (χ1) is 13.0. The number of primary amides is 1. The van der Waals surface area contributed by atoms with Gasteiger partial charge in [-0.2, -0.15) is 0 Å². The van der Waals surface area contributed by atoms with Crippen LogP contribution in [0.25, 0.3) is 0 Å². The molecule has 0 atom stereocenters. The minimum absolute atomic E-state index is 0.112. The molecule has 1 heterocycles. The molecule has 0 radical (unpaired) electrons. The van der Waals surface area contributed by atoms with E-state index in [0.29, 0.717) is 30.6 Å². The van der Waals surface area contributed by atoms with Gasteiger partial charge in [-0.1, -0.05) is 23.9 Å². The monoisotopic (exact) mass is 391 g/mol. The van der Waals surface area contributed by atoms with Gasteiger partial charge in [-0.25, -0.2) is 4.39 Å². The number of carbonyl (C=O) groups excluding carboxylic acids is 2. The number of nitrogens with zero attached hydrogens (tertiary/aromatic N) is 3. The van der Waals surface area contributed by atoms with Crippen molar-refractivity contribution in [3.63, 3.8) is 0 Å². The van der Waals surface area contributed by atoms with E-state index in [1.807, 2.05) is 4.57 Å². The van der Waals surface area contributed by atoms with E-state index in [1.165, 1.54) is 23.9 Å². The van der Waals surface area contributed by atoms with Crippen molar-refractivity contribution < 1.29 is 14.0 Å². The number of aromatic nitrogens is 3. The number of nitrogens with one attached hydrogen (secondary N) is 1. The van der Waals surface area contributed by atoms with E-state index < -0.39 is 0 Å². The summed E-state index contributed by atoms with van der Waals surface area (Å²) in [7, 11) is 0. The number of benzene rings is 1. The summed E-state index contributed by atoms with van der Waals surface area (Å²) in [6, 6.07) is 6.22. The molecule has 1 saturated carbocycles. The molecule has 0 unspecified atom stereocenters. The van der Waals surface area contributed by atoms with Crippen molar-refractivity contribution in [1.82, 2.24) is 20.1 Å². The van der Waals surface area contributed by atoms with Gasteiger partial charge in [-0.3, -0.25) is 9.59 Å². The smallest absolute Gasteiger partial charge is 0.230 e. The predicted molar refractivity (Wildman–Crippen MR) is 99.6 cm³/mol. The molecule has 1 aromatic heterocycles. The number of hydrogen-bond donors (Lipinski definition) is 2. The van der Waals surface area contributed by atoms with Crippen molar-refractivity contribution in [3.8, 4) is 0 Å². The maximum Gasteiger partial charge on any atom is 0.230 e. The number of amides is 2. The van der Waals surface area contributed by atoms with Crippen molar-refractivity contribution in [2.75, 3.05) is 12.3 Å². The summed E-state index contributed by atoms with van der Waals surface area (Å²) < 4.78 is 14.8. The molecule has 0 aliphatic heterocycles. The van der Waals surface area contributed by atoms with Gasteiger partial charge in [0.2, 0.25) is 11.8 Å². The second-order valence-corrected chi connectivity index (χ2v) is 7.44. The Morgan fingerprint density at radius 2 is 2.00 bits per heavy atom. The summed E-state index contributed by atoms with van der Waals surface area (Å²) in [6.45, 7) is 0.912. The van der Waals surface area contributed by atoms with Crippen molar-refractivity contribution in [3.05, 3.63) is 41.5 Å². The van der Waals surface area contributed by atoms with Crippen molar-refractivity contribution in [2.24, 2.45) is 5.73 Å². The molecule has 1 aliphatic carbocycles. The lowest BCUT2D eigenvalue weighted by Gasteiger charge is -2.09. The Bertz CT molecular complexity index is 805. The average molecular weight is 391 g/mol. The van der Waals surface area contributed by atoms with Crippen LogP contribution in [0.3, 0.4) is 0 Å². The van der Waals surface area contributed by atoms with E-state index in [2.05, 4.69) is 15.5 Å². The van der Waals surface area contributed by atoms with E-state index in [1.54, 1.807) is 12.1 Å². The van der Waals surface area contributed by atoms with Gasteiger partial charge in [-0.15, -0.1) is 10.2 Å². The zero-order valence-electron chi connectivity index (χ0n) is 14.9. The number of halogens is 1. The number of carbonyl (C=O) groups is 2. The molecule has 1 fully saturated rings.